The normalized spacial score (nSPS) is 14.2. The number of hydrogen-bond acceptors (Lipinski definition) is 8. The van der Waals surface area contributed by atoms with E-state index in [2.05, 4.69) is 14.9 Å². The van der Waals surface area contributed by atoms with Gasteiger partial charge in [-0.3, -0.25) is 24.1 Å². The molecule has 9 heteroatoms. The molecule has 9 nitrogen and oxygen atoms in total. The number of Topliss-reactive ketones (excluding diaryl/α,β-unsaturated/α-hetero) is 1. The van der Waals surface area contributed by atoms with Gasteiger partial charge in [-0.2, -0.15) is 0 Å². The number of nitrogens with zero attached hydrogens (tertiary/aromatic N) is 3. The van der Waals surface area contributed by atoms with E-state index in [1.54, 1.807) is 42.5 Å². The highest BCUT2D eigenvalue weighted by Crippen LogP contribution is 2.26. The van der Waals surface area contributed by atoms with E-state index in [1.807, 2.05) is 0 Å². The van der Waals surface area contributed by atoms with Crippen LogP contribution in [0.25, 0.3) is 11.0 Å². The number of ether oxygens (including phenoxy) is 1. The summed E-state index contributed by atoms with van der Waals surface area (Å²) >= 11 is 0. The van der Waals surface area contributed by atoms with E-state index in [9.17, 15) is 19.2 Å². The fraction of sp³-hybridized carbons (Fsp3) is 0.200. The first-order chi connectivity index (χ1) is 14.0. The number of imide groups is 1. The lowest BCUT2D eigenvalue weighted by molar-refractivity contribution is -0.148. The minimum Gasteiger partial charge on any atom is -0.463 e. The SMILES string of the molecule is CC(=O)C(C(=O)OCCN1C(=O)c2ccccc2C1=O)c1cccc2nonc12. The second kappa shape index (κ2) is 7.27. The zero-order valence-corrected chi connectivity index (χ0v) is 15.3. The van der Waals surface area contributed by atoms with Gasteiger partial charge in [-0.15, -0.1) is 0 Å². The molecule has 146 valence electrons. The van der Waals surface area contributed by atoms with Crippen LogP contribution in [0, 0.1) is 0 Å². The summed E-state index contributed by atoms with van der Waals surface area (Å²) in [4.78, 5) is 50.4. The number of amides is 2. The summed E-state index contributed by atoms with van der Waals surface area (Å²) in [6, 6.07) is 11.3. The van der Waals surface area contributed by atoms with Crippen molar-refractivity contribution >= 4 is 34.6 Å². The Hall–Kier alpha value is -3.88. The van der Waals surface area contributed by atoms with Gasteiger partial charge in [0.25, 0.3) is 11.8 Å². The molecule has 1 atom stereocenters. The highest BCUT2D eigenvalue weighted by Gasteiger charge is 2.35. The molecule has 1 unspecified atom stereocenters. The molecule has 0 spiro atoms. The molecule has 0 bridgehead atoms. The topological polar surface area (TPSA) is 120 Å². The Bertz CT molecular complexity index is 1120. The molecule has 1 aromatic heterocycles. The highest BCUT2D eigenvalue weighted by molar-refractivity contribution is 6.21. The number of aromatic nitrogens is 2. The Balaban J connectivity index is 1.46. The molecule has 1 aliphatic rings. The molecule has 0 saturated carbocycles. The van der Waals surface area contributed by atoms with Gasteiger partial charge < -0.3 is 4.74 Å². The fourth-order valence-corrected chi connectivity index (χ4v) is 3.33. The van der Waals surface area contributed by atoms with Crippen LogP contribution in [0.5, 0.6) is 0 Å². The third-order valence-electron chi connectivity index (χ3n) is 4.71. The third-order valence-corrected chi connectivity index (χ3v) is 4.71. The summed E-state index contributed by atoms with van der Waals surface area (Å²) in [7, 11) is 0. The van der Waals surface area contributed by atoms with E-state index in [-0.39, 0.29) is 13.2 Å². The van der Waals surface area contributed by atoms with Crippen molar-refractivity contribution in [3.8, 4) is 0 Å². The number of esters is 1. The van der Waals surface area contributed by atoms with Gasteiger partial charge in [0, 0.05) is 5.56 Å². The molecule has 0 saturated heterocycles. The van der Waals surface area contributed by atoms with Crippen LogP contribution in [0.3, 0.4) is 0 Å². The number of ketones is 1. The van der Waals surface area contributed by atoms with Crippen molar-refractivity contribution in [2.75, 3.05) is 13.2 Å². The first-order valence-corrected chi connectivity index (χ1v) is 8.82. The molecule has 4 rings (SSSR count). The summed E-state index contributed by atoms with van der Waals surface area (Å²) in [6.45, 7) is 0.919. The van der Waals surface area contributed by atoms with Crippen molar-refractivity contribution in [3.05, 3.63) is 59.2 Å². The van der Waals surface area contributed by atoms with Gasteiger partial charge in [-0.25, -0.2) is 4.63 Å². The van der Waals surface area contributed by atoms with Crippen molar-refractivity contribution in [2.24, 2.45) is 0 Å². The average Bonchev–Trinajstić information content (AvgIpc) is 3.28. The van der Waals surface area contributed by atoms with E-state index in [0.717, 1.165) is 4.90 Å². The molecule has 2 heterocycles. The number of hydrogen-bond donors (Lipinski definition) is 0. The minimum absolute atomic E-state index is 0.113. The van der Waals surface area contributed by atoms with Crippen molar-refractivity contribution in [3.63, 3.8) is 0 Å². The zero-order chi connectivity index (χ0) is 20.5. The number of benzene rings is 2. The summed E-state index contributed by atoms with van der Waals surface area (Å²) in [6.07, 6.45) is 0. The molecule has 2 amide bonds. The van der Waals surface area contributed by atoms with Crippen LogP contribution in [-0.4, -0.2) is 51.9 Å². The maximum Gasteiger partial charge on any atom is 0.321 e. The van der Waals surface area contributed by atoms with Crippen LogP contribution >= 0.6 is 0 Å². The van der Waals surface area contributed by atoms with E-state index < -0.39 is 29.5 Å². The molecule has 2 aromatic carbocycles. The van der Waals surface area contributed by atoms with Crippen LogP contribution in [0.4, 0.5) is 0 Å². The van der Waals surface area contributed by atoms with Crippen LogP contribution in [0.15, 0.2) is 47.1 Å². The maximum atomic E-state index is 12.6. The monoisotopic (exact) mass is 393 g/mol. The first kappa shape index (κ1) is 18.5. The molecular formula is C20H15N3O6. The molecular weight excluding hydrogens is 378 g/mol. The minimum atomic E-state index is -1.22. The third kappa shape index (κ3) is 3.16. The van der Waals surface area contributed by atoms with Gasteiger partial charge in [0.1, 0.15) is 29.3 Å². The Labute approximate surface area is 164 Å². The molecule has 0 N–H and O–H groups in total. The van der Waals surface area contributed by atoms with E-state index >= 15 is 0 Å². The van der Waals surface area contributed by atoms with Gasteiger partial charge >= 0.3 is 5.97 Å². The number of rotatable bonds is 6. The van der Waals surface area contributed by atoms with Gasteiger partial charge in [-0.1, -0.05) is 24.3 Å². The van der Waals surface area contributed by atoms with Crippen LogP contribution in [-0.2, 0) is 14.3 Å². The lowest BCUT2D eigenvalue weighted by atomic mass is 9.94. The van der Waals surface area contributed by atoms with Gasteiger partial charge in [-0.05, 0) is 35.4 Å². The number of carbonyl (C=O) groups is 4. The fourth-order valence-electron chi connectivity index (χ4n) is 3.33. The lowest BCUT2D eigenvalue weighted by Crippen LogP contribution is -2.34. The van der Waals surface area contributed by atoms with Crippen molar-refractivity contribution in [1.29, 1.82) is 0 Å². The Morgan fingerprint density at radius 1 is 1.03 bits per heavy atom. The van der Waals surface area contributed by atoms with Crippen molar-refractivity contribution in [1.82, 2.24) is 15.2 Å². The molecule has 29 heavy (non-hydrogen) atoms. The number of carbonyl (C=O) groups excluding carboxylic acids is 4. The second-order valence-electron chi connectivity index (χ2n) is 6.50. The van der Waals surface area contributed by atoms with Crippen molar-refractivity contribution < 1.29 is 28.5 Å². The first-order valence-electron chi connectivity index (χ1n) is 8.82. The predicted octanol–water partition coefficient (Wildman–Crippen LogP) is 1.73. The molecule has 1 aliphatic heterocycles. The standard InChI is InChI=1S/C20H15N3O6/c1-11(24)16(14-7-4-8-15-17(14)22-29-21-15)20(27)28-10-9-23-18(25)12-5-2-3-6-13(12)19(23)26/h2-8,16H,9-10H2,1H3. The Morgan fingerprint density at radius 3 is 2.38 bits per heavy atom. The smallest absolute Gasteiger partial charge is 0.321 e. The average molecular weight is 393 g/mol. The summed E-state index contributed by atoms with van der Waals surface area (Å²) in [5.41, 5.74) is 1.66. The van der Waals surface area contributed by atoms with Crippen LogP contribution in [0.2, 0.25) is 0 Å². The predicted molar refractivity (Wildman–Crippen MR) is 98.0 cm³/mol. The van der Waals surface area contributed by atoms with Gasteiger partial charge in [0.15, 0.2) is 0 Å². The number of fused-ring (bicyclic) bond motifs is 2. The van der Waals surface area contributed by atoms with Gasteiger partial charge in [0.2, 0.25) is 0 Å². The van der Waals surface area contributed by atoms with Crippen LogP contribution in [0.1, 0.15) is 39.1 Å². The van der Waals surface area contributed by atoms with E-state index in [0.29, 0.717) is 27.7 Å². The molecule has 0 fully saturated rings. The molecule has 3 aromatic rings. The summed E-state index contributed by atoms with van der Waals surface area (Å²) in [5, 5.41) is 7.45. The maximum absolute atomic E-state index is 12.6. The summed E-state index contributed by atoms with van der Waals surface area (Å²) in [5.74, 6) is -3.34. The Kier molecular flexibility index (Phi) is 4.63. The lowest BCUT2D eigenvalue weighted by Gasteiger charge is -2.16. The van der Waals surface area contributed by atoms with Crippen molar-refractivity contribution in [2.45, 2.75) is 12.8 Å². The largest absolute Gasteiger partial charge is 0.463 e. The van der Waals surface area contributed by atoms with Crippen LogP contribution < -0.4 is 0 Å². The quantitative estimate of drug-likeness (QED) is 0.353. The van der Waals surface area contributed by atoms with Gasteiger partial charge in [0.05, 0.1) is 17.7 Å². The highest BCUT2D eigenvalue weighted by atomic mass is 16.6. The Morgan fingerprint density at radius 2 is 1.72 bits per heavy atom. The zero-order valence-electron chi connectivity index (χ0n) is 15.3. The van der Waals surface area contributed by atoms with E-state index in [4.69, 9.17) is 4.74 Å². The molecule has 0 aliphatic carbocycles. The van der Waals surface area contributed by atoms with E-state index in [1.165, 1.54) is 6.92 Å². The second-order valence-corrected chi connectivity index (χ2v) is 6.50. The summed E-state index contributed by atoms with van der Waals surface area (Å²) < 4.78 is 9.89. The molecule has 0 radical (unpaired) electrons.